The van der Waals surface area contributed by atoms with Crippen LogP contribution in [-0.4, -0.2) is 14.5 Å². The first-order valence-electron chi connectivity index (χ1n) is 6.26. The van der Waals surface area contributed by atoms with Crippen LogP contribution in [0.3, 0.4) is 0 Å². The zero-order valence-corrected chi connectivity index (χ0v) is 11.3. The second kappa shape index (κ2) is 5.28. The standard InChI is InChI=1S/C13H19NO3S/c1-10-3-2-4-12(9-10)17-18(15,16)13-7-5-11(14)6-8-13/h5-8,10,12H,2-4,9,14H2,1H3. The number of nitrogen functional groups attached to an aromatic ring is 1. The number of benzene rings is 1. The second-order valence-corrected chi connectivity index (χ2v) is 6.59. The number of hydrogen-bond acceptors (Lipinski definition) is 4. The molecule has 1 saturated carbocycles. The van der Waals surface area contributed by atoms with Crippen LogP contribution in [0.1, 0.15) is 32.6 Å². The van der Waals surface area contributed by atoms with Gasteiger partial charge in [-0.25, -0.2) is 0 Å². The van der Waals surface area contributed by atoms with Crippen LogP contribution in [0.4, 0.5) is 5.69 Å². The van der Waals surface area contributed by atoms with Gasteiger partial charge in [-0.2, -0.15) is 8.42 Å². The Labute approximate surface area is 108 Å². The topological polar surface area (TPSA) is 69.4 Å². The average Bonchev–Trinajstić information content (AvgIpc) is 2.29. The first-order chi connectivity index (χ1) is 8.47. The first-order valence-corrected chi connectivity index (χ1v) is 7.67. The van der Waals surface area contributed by atoms with Gasteiger partial charge in [0.1, 0.15) is 0 Å². The van der Waals surface area contributed by atoms with Gasteiger partial charge >= 0.3 is 0 Å². The predicted molar refractivity (Wildman–Crippen MR) is 70.5 cm³/mol. The maximum atomic E-state index is 12.1. The van der Waals surface area contributed by atoms with Gasteiger partial charge in [0.25, 0.3) is 10.1 Å². The van der Waals surface area contributed by atoms with E-state index in [1.807, 2.05) is 0 Å². The van der Waals surface area contributed by atoms with E-state index in [9.17, 15) is 8.42 Å². The normalized spacial score (nSPS) is 24.9. The predicted octanol–water partition coefficient (Wildman–Crippen LogP) is 2.55. The average molecular weight is 269 g/mol. The van der Waals surface area contributed by atoms with E-state index >= 15 is 0 Å². The zero-order chi connectivity index (χ0) is 13.2. The van der Waals surface area contributed by atoms with Crippen LogP contribution in [-0.2, 0) is 14.3 Å². The summed E-state index contributed by atoms with van der Waals surface area (Å²) in [6.07, 6.45) is 3.63. The minimum absolute atomic E-state index is 0.176. The molecule has 2 atom stereocenters. The van der Waals surface area contributed by atoms with E-state index in [0.717, 1.165) is 25.7 Å². The van der Waals surface area contributed by atoms with E-state index in [0.29, 0.717) is 11.6 Å². The van der Waals surface area contributed by atoms with Crippen molar-refractivity contribution in [2.75, 3.05) is 5.73 Å². The molecule has 5 heteroatoms. The molecule has 0 radical (unpaired) electrons. The molecule has 2 rings (SSSR count). The maximum absolute atomic E-state index is 12.1. The Hall–Kier alpha value is -1.07. The lowest BCUT2D eigenvalue weighted by molar-refractivity contribution is 0.136. The molecular formula is C13H19NO3S. The summed E-state index contributed by atoms with van der Waals surface area (Å²) in [5.74, 6) is 0.533. The minimum Gasteiger partial charge on any atom is -0.399 e. The van der Waals surface area contributed by atoms with Crippen molar-refractivity contribution in [3.05, 3.63) is 24.3 Å². The summed E-state index contributed by atoms with van der Waals surface area (Å²) in [5, 5.41) is 0. The smallest absolute Gasteiger partial charge is 0.297 e. The van der Waals surface area contributed by atoms with E-state index < -0.39 is 10.1 Å². The zero-order valence-electron chi connectivity index (χ0n) is 10.5. The Morgan fingerprint density at radius 1 is 1.22 bits per heavy atom. The molecule has 0 amide bonds. The Kier molecular flexibility index (Phi) is 3.92. The number of nitrogens with two attached hydrogens (primary N) is 1. The molecule has 1 aromatic rings. The molecule has 0 saturated heterocycles. The third kappa shape index (κ3) is 3.23. The fourth-order valence-corrected chi connectivity index (χ4v) is 3.45. The summed E-state index contributed by atoms with van der Waals surface area (Å²) >= 11 is 0. The molecule has 2 unspecified atom stereocenters. The highest BCUT2D eigenvalue weighted by molar-refractivity contribution is 7.86. The van der Waals surface area contributed by atoms with Gasteiger partial charge in [-0.05, 0) is 43.0 Å². The van der Waals surface area contributed by atoms with Crippen molar-refractivity contribution in [2.45, 2.75) is 43.6 Å². The molecule has 1 aliphatic carbocycles. The van der Waals surface area contributed by atoms with E-state index in [1.165, 1.54) is 12.1 Å². The van der Waals surface area contributed by atoms with Gasteiger partial charge in [-0.15, -0.1) is 0 Å². The first kappa shape index (κ1) is 13.4. The SMILES string of the molecule is CC1CCCC(OS(=O)(=O)c2ccc(N)cc2)C1. The Bertz CT molecular complexity index is 495. The monoisotopic (exact) mass is 269 g/mol. The fourth-order valence-electron chi connectivity index (χ4n) is 2.34. The summed E-state index contributed by atoms with van der Waals surface area (Å²) in [5.41, 5.74) is 6.08. The molecule has 0 spiro atoms. The Balaban J connectivity index is 2.09. The van der Waals surface area contributed by atoms with Crippen molar-refractivity contribution in [1.29, 1.82) is 0 Å². The van der Waals surface area contributed by atoms with Crippen molar-refractivity contribution in [3.63, 3.8) is 0 Å². The van der Waals surface area contributed by atoms with Crippen LogP contribution in [0, 0.1) is 5.92 Å². The summed E-state index contributed by atoms with van der Waals surface area (Å²) in [7, 11) is -3.66. The summed E-state index contributed by atoms with van der Waals surface area (Å²) in [6, 6.07) is 6.10. The van der Waals surface area contributed by atoms with Gasteiger partial charge in [-0.3, -0.25) is 4.18 Å². The van der Waals surface area contributed by atoms with Crippen molar-refractivity contribution in [2.24, 2.45) is 5.92 Å². The lowest BCUT2D eigenvalue weighted by atomic mass is 9.89. The molecule has 4 nitrogen and oxygen atoms in total. The van der Waals surface area contributed by atoms with Gasteiger partial charge in [0, 0.05) is 5.69 Å². The van der Waals surface area contributed by atoms with Gasteiger partial charge in [0.05, 0.1) is 11.0 Å². The number of hydrogen-bond donors (Lipinski definition) is 1. The van der Waals surface area contributed by atoms with Crippen molar-refractivity contribution >= 4 is 15.8 Å². The van der Waals surface area contributed by atoms with Crippen LogP contribution in [0.5, 0.6) is 0 Å². The van der Waals surface area contributed by atoms with Gasteiger partial charge in [0.2, 0.25) is 0 Å². The minimum atomic E-state index is -3.66. The fraction of sp³-hybridized carbons (Fsp3) is 0.538. The molecule has 1 aromatic carbocycles. The molecule has 0 bridgehead atoms. The van der Waals surface area contributed by atoms with E-state index in [4.69, 9.17) is 9.92 Å². The third-order valence-corrected chi connectivity index (χ3v) is 4.69. The molecule has 2 N–H and O–H groups in total. The maximum Gasteiger partial charge on any atom is 0.297 e. The highest BCUT2D eigenvalue weighted by atomic mass is 32.2. The second-order valence-electron chi connectivity index (χ2n) is 5.01. The van der Waals surface area contributed by atoms with Crippen LogP contribution < -0.4 is 5.73 Å². The third-order valence-electron chi connectivity index (χ3n) is 3.32. The largest absolute Gasteiger partial charge is 0.399 e. The highest BCUT2D eigenvalue weighted by Gasteiger charge is 2.26. The Morgan fingerprint density at radius 2 is 1.89 bits per heavy atom. The molecule has 0 heterocycles. The van der Waals surface area contributed by atoms with E-state index in [2.05, 4.69) is 6.92 Å². The molecule has 0 aliphatic heterocycles. The van der Waals surface area contributed by atoms with Crippen LogP contribution in [0.15, 0.2) is 29.2 Å². The molecule has 100 valence electrons. The van der Waals surface area contributed by atoms with Crippen molar-refractivity contribution < 1.29 is 12.6 Å². The Morgan fingerprint density at radius 3 is 2.50 bits per heavy atom. The van der Waals surface area contributed by atoms with Crippen molar-refractivity contribution in [3.8, 4) is 0 Å². The quantitative estimate of drug-likeness (QED) is 0.676. The van der Waals surface area contributed by atoms with Crippen LogP contribution in [0.25, 0.3) is 0 Å². The summed E-state index contributed by atoms with van der Waals surface area (Å²) in [4.78, 5) is 0.176. The molecule has 1 fully saturated rings. The molecular weight excluding hydrogens is 250 g/mol. The van der Waals surface area contributed by atoms with E-state index in [1.54, 1.807) is 12.1 Å². The highest BCUT2D eigenvalue weighted by Crippen LogP contribution is 2.28. The van der Waals surface area contributed by atoms with Crippen molar-refractivity contribution in [1.82, 2.24) is 0 Å². The van der Waals surface area contributed by atoms with Crippen LogP contribution >= 0.6 is 0 Å². The number of rotatable bonds is 3. The molecule has 1 aliphatic rings. The summed E-state index contributed by atoms with van der Waals surface area (Å²) < 4.78 is 29.4. The molecule has 18 heavy (non-hydrogen) atoms. The summed E-state index contributed by atoms with van der Waals surface area (Å²) in [6.45, 7) is 2.13. The van der Waals surface area contributed by atoms with Gasteiger partial charge in [0.15, 0.2) is 0 Å². The van der Waals surface area contributed by atoms with Gasteiger partial charge < -0.3 is 5.73 Å². The number of anilines is 1. The molecule has 0 aromatic heterocycles. The van der Waals surface area contributed by atoms with Gasteiger partial charge in [-0.1, -0.05) is 19.8 Å². The lowest BCUT2D eigenvalue weighted by Crippen LogP contribution is -2.24. The van der Waals surface area contributed by atoms with Crippen LogP contribution in [0.2, 0.25) is 0 Å². The lowest BCUT2D eigenvalue weighted by Gasteiger charge is -2.26. The van der Waals surface area contributed by atoms with E-state index in [-0.39, 0.29) is 11.0 Å².